The fraction of sp³-hybridized carbons (Fsp3) is 0.733. The predicted molar refractivity (Wildman–Crippen MR) is 91.2 cm³/mol. The Morgan fingerprint density at radius 1 is 1.33 bits per heavy atom. The zero-order chi connectivity index (χ0) is 15.8. The highest BCUT2D eigenvalue weighted by molar-refractivity contribution is 6.32. The zero-order valence-electron chi connectivity index (χ0n) is 13.8. The summed E-state index contributed by atoms with van der Waals surface area (Å²) in [6.07, 6.45) is 3.75. The van der Waals surface area contributed by atoms with Gasteiger partial charge < -0.3 is 15.5 Å². The molecule has 0 fully saturated rings. The summed E-state index contributed by atoms with van der Waals surface area (Å²) in [5.41, 5.74) is 0. The number of nitrogens with zero attached hydrogens (tertiary/aromatic N) is 3. The second-order valence-corrected chi connectivity index (χ2v) is 6.46. The predicted octanol–water partition coefficient (Wildman–Crippen LogP) is 3.34. The van der Waals surface area contributed by atoms with E-state index in [9.17, 15) is 0 Å². The van der Waals surface area contributed by atoms with Gasteiger partial charge in [-0.15, -0.1) is 0 Å². The van der Waals surface area contributed by atoms with Crippen LogP contribution in [0.2, 0.25) is 5.02 Å². The first-order valence-corrected chi connectivity index (χ1v) is 7.97. The first kappa shape index (κ1) is 18.0. The van der Waals surface area contributed by atoms with Crippen LogP contribution in [-0.2, 0) is 0 Å². The molecule has 0 amide bonds. The van der Waals surface area contributed by atoms with Gasteiger partial charge in [-0.05, 0) is 32.9 Å². The molecule has 0 spiro atoms. The van der Waals surface area contributed by atoms with Gasteiger partial charge in [-0.25, -0.2) is 4.98 Å². The van der Waals surface area contributed by atoms with Gasteiger partial charge in [0.1, 0.15) is 5.02 Å². The van der Waals surface area contributed by atoms with Crippen molar-refractivity contribution in [2.24, 2.45) is 5.92 Å². The first-order valence-electron chi connectivity index (χ1n) is 7.60. The Bertz CT molecular complexity index is 413. The molecule has 120 valence electrons. The third kappa shape index (κ3) is 6.96. The molecule has 0 bridgehead atoms. The average Bonchev–Trinajstić information content (AvgIpc) is 2.38. The van der Waals surface area contributed by atoms with E-state index in [1.165, 1.54) is 0 Å². The Balaban J connectivity index is 2.80. The summed E-state index contributed by atoms with van der Waals surface area (Å²) in [7, 11) is 4.15. The molecule has 0 aliphatic heterocycles. The van der Waals surface area contributed by atoms with Crippen molar-refractivity contribution in [2.75, 3.05) is 37.8 Å². The summed E-state index contributed by atoms with van der Waals surface area (Å²) < 4.78 is 0. The molecule has 0 aliphatic rings. The largest absolute Gasteiger partial charge is 0.365 e. The quantitative estimate of drug-likeness (QED) is 0.732. The summed E-state index contributed by atoms with van der Waals surface area (Å²) in [4.78, 5) is 10.9. The average molecular weight is 314 g/mol. The minimum Gasteiger partial charge on any atom is -0.365 e. The van der Waals surface area contributed by atoms with Crippen molar-refractivity contribution in [1.29, 1.82) is 0 Å². The monoisotopic (exact) mass is 313 g/mol. The van der Waals surface area contributed by atoms with Crippen molar-refractivity contribution in [2.45, 2.75) is 39.7 Å². The Labute approximate surface area is 133 Å². The maximum Gasteiger partial charge on any atom is 0.224 e. The van der Waals surface area contributed by atoms with E-state index in [1.54, 1.807) is 6.20 Å². The molecule has 0 aliphatic carbocycles. The zero-order valence-corrected chi connectivity index (χ0v) is 14.5. The Morgan fingerprint density at radius 3 is 2.62 bits per heavy atom. The van der Waals surface area contributed by atoms with Crippen LogP contribution in [0, 0.1) is 5.92 Å². The molecule has 2 N–H and O–H groups in total. The summed E-state index contributed by atoms with van der Waals surface area (Å²) in [6, 6.07) is 0.312. The number of halogens is 1. The Morgan fingerprint density at radius 2 is 2.05 bits per heavy atom. The lowest BCUT2D eigenvalue weighted by Gasteiger charge is -2.25. The molecule has 0 aromatic carbocycles. The molecule has 0 radical (unpaired) electrons. The van der Waals surface area contributed by atoms with Gasteiger partial charge in [-0.2, -0.15) is 4.98 Å². The molecule has 5 nitrogen and oxygen atoms in total. The fourth-order valence-electron chi connectivity index (χ4n) is 2.17. The van der Waals surface area contributed by atoms with Gasteiger partial charge in [0.25, 0.3) is 0 Å². The lowest BCUT2D eigenvalue weighted by molar-refractivity contribution is 0.356. The lowest BCUT2D eigenvalue weighted by atomic mass is 10.0. The van der Waals surface area contributed by atoms with Gasteiger partial charge >= 0.3 is 0 Å². The molecule has 1 aromatic rings. The molecule has 1 unspecified atom stereocenters. The molecule has 1 atom stereocenters. The van der Waals surface area contributed by atoms with Crippen LogP contribution in [0.15, 0.2) is 6.20 Å². The van der Waals surface area contributed by atoms with Crippen LogP contribution in [0.4, 0.5) is 11.8 Å². The van der Waals surface area contributed by atoms with E-state index in [-0.39, 0.29) is 0 Å². The van der Waals surface area contributed by atoms with E-state index in [0.29, 0.717) is 28.7 Å². The van der Waals surface area contributed by atoms with Gasteiger partial charge in [0.05, 0.1) is 6.20 Å². The smallest absolute Gasteiger partial charge is 0.224 e. The molecule has 6 heteroatoms. The number of likely N-dealkylation sites (N-methyl/N-ethyl adjacent to an activating group) is 1. The maximum atomic E-state index is 6.22. The van der Waals surface area contributed by atoms with Crippen molar-refractivity contribution in [3.8, 4) is 0 Å². The normalized spacial score (nSPS) is 12.8. The van der Waals surface area contributed by atoms with Gasteiger partial charge in [-0.1, -0.05) is 32.4 Å². The van der Waals surface area contributed by atoms with Crippen LogP contribution in [0.5, 0.6) is 0 Å². The number of aromatic nitrogens is 2. The number of anilines is 2. The molecule has 1 rings (SSSR count). The van der Waals surface area contributed by atoms with Gasteiger partial charge in [0.2, 0.25) is 5.95 Å². The number of hydrogen-bond donors (Lipinski definition) is 2. The van der Waals surface area contributed by atoms with Crippen molar-refractivity contribution in [1.82, 2.24) is 14.9 Å². The Hall–Kier alpha value is -1.07. The first-order chi connectivity index (χ1) is 9.92. The molecule has 0 saturated carbocycles. The van der Waals surface area contributed by atoms with Crippen molar-refractivity contribution in [3.63, 3.8) is 0 Å². The topological polar surface area (TPSA) is 53.1 Å². The molecule has 21 heavy (non-hydrogen) atoms. The number of hydrogen-bond acceptors (Lipinski definition) is 5. The van der Waals surface area contributed by atoms with Crippen LogP contribution in [0.3, 0.4) is 0 Å². The molecular weight excluding hydrogens is 286 g/mol. The van der Waals surface area contributed by atoms with Crippen LogP contribution in [-0.4, -0.2) is 48.1 Å². The van der Waals surface area contributed by atoms with Crippen molar-refractivity contribution >= 4 is 23.4 Å². The van der Waals surface area contributed by atoms with E-state index in [4.69, 9.17) is 11.6 Å². The third-order valence-electron chi connectivity index (χ3n) is 2.96. The molecule has 0 saturated heterocycles. The lowest BCUT2D eigenvalue weighted by Crippen LogP contribution is -2.34. The van der Waals surface area contributed by atoms with E-state index < -0.39 is 0 Å². The highest BCUT2D eigenvalue weighted by Gasteiger charge is 2.15. The van der Waals surface area contributed by atoms with Gasteiger partial charge in [0, 0.05) is 19.1 Å². The molecule has 1 heterocycles. The second-order valence-electron chi connectivity index (χ2n) is 6.05. The van der Waals surface area contributed by atoms with Crippen LogP contribution in [0.1, 0.15) is 33.6 Å². The summed E-state index contributed by atoms with van der Waals surface area (Å²) in [5, 5.41) is 7.21. The SMILES string of the molecule is CCCNc1ncc(Cl)c(NC(CC(C)C)CN(C)C)n1. The standard InChI is InChI=1S/C15H28ClN5/c1-6-7-17-15-18-9-13(16)14(20-15)19-12(8-11(2)3)10-21(4)5/h9,11-12H,6-8,10H2,1-5H3,(H2,17,18,19,20). The Kier molecular flexibility index (Phi) is 7.75. The number of rotatable bonds is 9. The van der Waals surface area contributed by atoms with Crippen molar-refractivity contribution < 1.29 is 0 Å². The summed E-state index contributed by atoms with van der Waals surface area (Å²) in [5.74, 6) is 1.94. The van der Waals surface area contributed by atoms with E-state index >= 15 is 0 Å². The molecule has 1 aromatic heterocycles. The number of nitrogens with one attached hydrogen (secondary N) is 2. The minimum absolute atomic E-state index is 0.312. The van der Waals surface area contributed by atoms with Gasteiger partial charge in [0.15, 0.2) is 5.82 Å². The fourth-order valence-corrected chi connectivity index (χ4v) is 2.32. The maximum absolute atomic E-state index is 6.22. The minimum atomic E-state index is 0.312. The van der Waals surface area contributed by atoms with E-state index in [1.807, 2.05) is 0 Å². The van der Waals surface area contributed by atoms with E-state index in [0.717, 1.165) is 25.9 Å². The highest BCUT2D eigenvalue weighted by atomic mass is 35.5. The summed E-state index contributed by atoms with van der Waals surface area (Å²) in [6.45, 7) is 8.35. The summed E-state index contributed by atoms with van der Waals surface area (Å²) >= 11 is 6.22. The van der Waals surface area contributed by atoms with Crippen LogP contribution < -0.4 is 10.6 Å². The third-order valence-corrected chi connectivity index (χ3v) is 3.24. The second kappa shape index (κ2) is 9.05. The van der Waals surface area contributed by atoms with Crippen LogP contribution >= 0.6 is 11.6 Å². The van der Waals surface area contributed by atoms with Crippen molar-refractivity contribution in [3.05, 3.63) is 11.2 Å². The van der Waals surface area contributed by atoms with Gasteiger partial charge in [-0.3, -0.25) is 0 Å². The molecular formula is C15H28ClN5. The highest BCUT2D eigenvalue weighted by Crippen LogP contribution is 2.22. The van der Waals surface area contributed by atoms with Crippen LogP contribution in [0.25, 0.3) is 0 Å². The van der Waals surface area contributed by atoms with E-state index in [2.05, 4.69) is 60.4 Å².